The van der Waals surface area contributed by atoms with Gasteiger partial charge in [-0.15, -0.1) is 0 Å². The summed E-state index contributed by atoms with van der Waals surface area (Å²) in [5.41, 5.74) is 0.117. The topological polar surface area (TPSA) is 124 Å². The number of carbonyl (C=O) groups is 2. The van der Waals surface area contributed by atoms with Gasteiger partial charge >= 0.3 is 5.97 Å². The number of sulfonamides is 1. The number of hydrogen-bond acceptors (Lipinski definition) is 5. The quantitative estimate of drug-likeness (QED) is 0.667. The summed E-state index contributed by atoms with van der Waals surface area (Å²) in [5, 5.41) is 20.6. The summed E-state index contributed by atoms with van der Waals surface area (Å²) in [7, 11) is -3.61. The van der Waals surface area contributed by atoms with E-state index in [0.717, 1.165) is 25.7 Å². The first kappa shape index (κ1) is 20.3. The van der Waals surface area contributed by atoms with Gasteiger partial charge in [-0.2, -0.15) is 4.31 Å². The van der Waals surface area contributed by atoms with Crippen LogP contribution in [0.5, 0.6) is 0 Å². The van der Waals surface area contributed by atoms with Crippen LogP contribution in [0.1, 0.15) is 43.0 Å². The first-order chi connectivity index (χ1) is 12.2. The lowest BCUT2D eigenvalue weighted by molar-refractivity contribution is -0.141. The molecule has 1 aromatic rings. The van der Waals surface area contributed by atoms with Crippen LogP contribution in [0.15, 0.2) is 29.2 Å². The number of benzene rings is 1. The lowest BCUT2D eigenvalue weighted by Crippen LogP contribution is -2.47. The van der Waals surface area contributed by atoms with Crippen molar-refractivity contribution in [1.82, 2.24) is 9.62 Å². The van der Waals surface area contributed by atoms with Crippen LogP contribution in [0.2, 0.25) is 0 Å². The van der Waals surface area contributed by atoms with E-state index in [1.54, 1.807) is 0 Å². The molecule has 0 unspecified atom stereocenters. The normalized spacial score (nSPS) is 18.5. The maximum Gasteiger partial charge on any atom is 0.328 e. The van der Waals surface area contributed by atoms with E-state index in [-0.39, 0.29) is 10.5 Å². The maximum absolute atomic E-state index is 12.7. The van der Waals surface area contributed by atoms with Crippen LogP contribution in [0.4, 0.5) is 0 Å². The van der Waals surface area contributed by atoms with Gasteiger partial charge in [0.1, 0.15) is 0 Å². The number of aliphatic hydroxyl groups excluding tert-OH is 1. The van der Waals surface area contributed by atoms with Crippen LogP contribution in [0, 0.1) is 0 Å². The molecule has 144 valence electrons. The molecule has 26 heavy (non-hydrogen) atoms. The molecule has 2 atom stereocenters. The predicted molar refractivity (Wildman–Crippen MR) is 94.2 cm³/mol. The van der Waals surface area contributed by atoms with E-state index in [0.29, 0.717) is 13.1 Å². The maximum atomic E-state index is 12.7. The van der Waals surface area contributed by atoms with Crippen molar-refractivity contribution in [2.75, 3.05) is 13.1 Å². The van der Waals surface area contributed by atoms with Crippen LogP contribution < -0.4 is 5.32 Å². The Kier molecular flexibility index (Phi) is 6.74. The predicted octanol–water partition coefficient (Wildman–Crippen LogP) is 0.815. The van der Waals surface area contributed by atoms with Crippen molar-refractivity contribution in [3.8, 4) is 0 Å². The molecular weight excluding hydrogens is 360 g/mol. The zero-order valence-electron chi connectivity index (χ0n) is 14.6. The molecule has 0 spiro atoms. The summed E-state index contributed by atoms with van der Waals surface area (Å²) in [5.74, 6) is -2.05. The van der Waals surface area contributed by atoms with Crippen LogP contribution in [-0.4, -0.2) is 60.0 Å². The molecule has 1 saturated heterocycles. The van der Waals surface area contributed by atoms with Gasteiger partial charge in [-0.1, -0.05) is 12.8 Å². The Morgan fingerprint density at radius 2 is 1.62 bits per heavy atom. The fourth-order valence-corrected chi connectivity index (χ4v) is 4.34. The lowest BCUT2D eigenvalue weighted by atomic mass is 10.1. The standard InChI is InChI=1S/C17H24N2O6S/c1-12(20)15(17(22)23)18-16(21)13-6-8-14(9-7-13)26(24,25)19-10-4-2-3-5-11-19/h6-9,12,15,20H,2-5,10-11H2,1H3,(H,18,21)(H,22,23)/t12-,15-/m1/s1. The SMILES string of the molecule is C[C@@H](O)[C@@H](NC(=O)c1ccc(S(=O)(=O)N2CCCCCC2)cc1)C(=O)O. The summed E-state index contributed by atoms with van der Waals surface area (Å²) in [6, 6.07) is 3.91. The van der Waals surface area contributed by atoms with Gasteiger partial charge in [0.05, 0.1) is 11.0 Å². The number of nitrogens with zero attached hydrogens (tertiary/aromatic N) is 1. The van der Waals surface area contributed by atoms with Crippen molar-refractivity contribution in [2.24, 2.45) is 0 Å². The molecule has 3 N–H and O–H groups in total. The minimum atomic E-state index is -3.61. The van der Waals surface area contributed by atoms with Crippen LogP contribution in [-0.2, 0) is 14.8 Å². The number of carboxylic acid groups (broad SMARTS) is 1. The Morgan fingerprint density at radius 3 is 2.08 bits per heavy atom. The monoisotopic (exact) mass is 384 g/mol. The minimum Gasteiger partial charge on any atom is -0.480 e. The summed E-state index contributed by atoms with van der Waals surface area (Å²) in [4.78, 5) is 23.3. The van der Waals surface area contributed by atoms with Crippen LogP contribution in [0.25, 0.3) is 0 Å². The highest BCUT2D eigenvalue weighted by Gasteiger charge is 2.27. The van der Waals surface area contributed by atoms with E-state index >= 15 is 0 Å². The zero-order valence-corrected chi connectivity index (χ0v) is 15.4. The summed E-state index contributed by atoms with van der Waals surface area (Å²) >= 11 is 0. The van der Waals surface area contributed by atoms with Gasteiger partial charge in [-0.25, -0.2) is 13.2 Å². The summed E-state index contributed by atoms with van der Waals surface area (Å²) < 4.78 is 26.8. The molecule has 8 nitrogen and oxygen atoms in total. The van der Waals surface area contributed by atoms with Crippen molar-refractivity contribution in [2.45, 2.75) is 49.6 Å². The van der Waals surface area contributed by atoms with Gasteiger partial charge in [0.15, 0.2) is 6.04 Å². The van der Waals surface area contributed by atoms with Crippen molar-refractivity contribution >= 4 is 21.9 Å². The molecule has 1 amide bonds. The van der Waals surface area contributed by atoms with Gasteiger partial charge in [-0.3, -0.25) is 4.79 Å². The number of amides is 1. The van der Waals surface area contributed by atoms with Crippen LogP contribution in [0.3, 0.4) is 0 Å². The van der Waals surface area contributed by atoms with E-state index in [4.69, 9.17) is 5.11 Å². The number of aliphatic carboxylic acids is 1. The number of hydrogen-bond donors (Lipinski definition) is 3. The second-order valence-corrected chi connectivity index (χ2v) is 8.31. The lowest BCUT2D eigenvalue weighted by Gasteiger charge is -2.20. The second-order valence-electron chi connectivity index (χ2n) is 6.37. The van der Waals surface area contributed by atoms with E-state index in [9.17, 15) is 23.1 Å². The van der Waals surface area contributed by atoms with Gasteiger partial charge in [0.2, 0.25) is 10.0 Å². The summed E-state index contributed by atoms with van der Waals surface area (Å²) in [6.07, 6.45) is 2.42. The molecule has 0 aliphatic carbocycles. The van der Waals surface area contributed by atoms with Gasteiger partial charge < -0.3 is 15.5 Å². The number of rotatable bonds is 6. The fraction of sp³-hybridized carbons (Fsp3) is 0.529. The third-order valence-electron chi connectivity index (χ3n) is 4.35. The molecule has 0 bridgehead atoms. The Bertz CT molecular complexity index is 737. The second kappa shape index (κ2) is 8.61. The average Bonchev–Trinajstić information content (AvgIpc) is 2.89. The molecule has 1 heterocycles. The van der Waals surface area contributed by atoms with Crippen LogP contribution >= 0.6 is 0 Å². The number of nitrogens with one attached hydrogen (secondary N) is 1. The third-order valence-corrected chi connectivity index (χ3v) is 6.27. The molecule has 9 heteroatoms. The zero-order chi connectivity index (χ0) is 19.3. The van der Waals surface area contributed by atoms with Crippen molar-refractivity contribution < 1.29 is 28.2 Å². The van der Waals surface area contributed by atoms with E-state index in [2.05, 4.69) is 5.32 Å². The van der Waals surface area contributed by atoms with E-state index in [1.807, 2.05) is 0 Å². The molecule has 0 saturated carbocycles. The molecule has 0 aromatic heterocycles. The Labute approximate surface area is 152 Å². The van der Waals surface area contributed by atoms with Gasteiger partial charge in [0, 0.05) is 18.7 Å². The molecule has 2 rings (SSSR count). The highest BCUT2D eigenvalue weighted by Crippen LogP contribution is 2.20. The first-order valence-corrected chi connectivity index (χ1v) is 9.99. The number of carboxylic acids is 1. The van der Waals surface area contributed by atoms with E-state index < -0.39 is 34.0 Å². The minimum absolute atomic E-state index is 0.0984. The van der Waals surface area contributed by atoms with Gasteiger partial charge in [-0.05, 0) is 44.0 Å². The average molecular weight is 384 g/mol. The highest BCUT2D eigenvalue weighted by atomic mass is 32.2. The van der Waals surface area contributed by atoms with Crippen molar-refractivity contribution in [1.29, 1.82) is 0 Å². The smallest absolute Gasteiger partial charge is 0.328 e. The Hall–Kier alpha value is -1.97. The number of carbonyl (C=O) groups excluding carboxylic acids is 1. The van der Waals surface area contributed by atoms with Gasteiger partial charge in [0.25, 0.3) is 5.91 Å². The first-order valence-electron chi connectivity index (χ1n) is 8.55. The van der Waals surface area contributed by atoms with Crippen molar-refractivity contribution in [3.05, 3.63) is 29.8 Å². The molecular formula is C17H24N2O6S. The molecule has 1 fully saturated rings. The summed E-state index contributed by atoms with van der Waals surface area (Å²) in [6.45, 7) is 2.23. The molecule has 1 aromatic carbocycles. The van der Waals surface area contributed by atoms with Crippen molar-refractivity contribution in [3.63, 3.8) is 0 Å². The highest BCUT2D eigenvalue weighted by molar-refractivity contribution is 7.89. The molecule has 0 radical (unpaired) electrons. The Balaban J connectivity index is 2.14. The molecule has 1 aliphatic rings. The third kappa shape index (κ3) is 4.80. The van der Waals surface area contributed by atoms with E-state index in [1.165, 1.54) is 35.5 Å². The number of aliphatic hydroxyl groups is 1. The largest absolute Gasteiger partial charge is 0.480 e. The fourth-order valence-electron chi connectivity index (χ4n) is 2.82. The Morgan fingerprint density at radius 1 is 1.08 bits per heavy atom. The molecule has 1 aliphatic heterocycles.